The number of rotatable bonds is 3. The van der Waals surface area contributed by atoms with Crippen LogP contribution in [0.4, 0.5) is 0 Å². The molecule has 21 heavy (non-hydrogen) atoms. The highest BCUT2D eigenvalue weighted by Gasteiger charge is 2.52. The van der Waals surface area contributed by atoms with Gasteiger partial charge < -0.3 is 9.64 Å². The Kier molecular flexibility index (Phi) is 3.32. The van der Waals surface area contributed by atoms with Crippen molar-refractivity contribution in [1.82, 2.24) is 9.88 Å². The molecule has 2 aliphatic heterocycles. The molecular weight excluding hydrogens is 284 g/mol. The third kappa shape index (κ3) is 2.52. The number of nitrogens with zero attached hydrogens (tertiary/aromatic N) is 2. The van der Waals surface area contributed by atoms with E-state index in [0.29, 0.717) is 11.8 Å². The lowest BCUT2D eigenvalue weighted by atomic mass is 9.82. The highest BCUT2D eigenvalue weighted by Crippen LogP contribution is 2.47. The molecule has 0 bridgehead atoms. The van der Waals surface area contributed by atoms with Gasteiger partial charge in [0.1, 0.15) is 11.9 Å². The fraction of sp³-hybridized carbons (Fsp3) is 0.625. The number of carbonyl (C=O) groups excluding carboxylic acids is 1. The van der Waals surface area contributed by atoms with E-state index in [1.165, 1.54) is 6.42 Å². The topological polar surface area (TPSA) is 42.4 Å². The maximum Gasteiger partial charge on any atom is 0.225 e. The Morgan fingerprint density at radius 3 is 2.95 bits per heavy atom. The first kappa shape index (κ1) is 13.4. The molecule has 1 aliphatic carbocycles. The van der Waals surface area contributed by atoms with Crippen LogP contribution >= 0.6 is 11.8 Å². The number of amides is 1. The van der Waals surface area contributed by atoms with Gasteiger partial charge in [0.05, 0.1) is 10.9 Å². The van der Waals surface area contributed by atoms with E-state index in [4.69, 9.17) is 4.74 Å². The van der Waals surface area contributed by atoms with Crippen LogP contribution in [0.2, 0.25) is 0 Å². The molecule has 4 rings (SSSR count). The molecule has 1 saturated carbocycles. The van der Waals surface area contributed by atoms with Crippen LogP contribution in [0.25, 0.3) is 0 Å². The molecule has 1 atom stereocenters. The molecule has 0 radical (unpaired) electrons. The summed E-state index contributed by atoms with van der Waals surface area (Å²) in [6, 6.07) is 3.85. The fourth-order valence-electron chi connectivity index (χ4n) is 3.43. The Morgan fingerprint density at radius 1 is 1.43 bits per heavy atom. The van der Waals surface area contributed by atoms with E-state index >= 15 is 0 Å². The molecule has 1 aromatic rings. The molecule has 1 amide bonds. The second-order valence-electron chi connectivity index (χ2n) is 6.45. The normalized spacial score (nSPS) is 27.2. The predicted octanol–water partition coefficient (Wildman–Crippen LogP) is 2.35. The minimum absolute atomic E-state index is 0.250. The molecule has 5 heteroatoms. The zero-order chi connectivity index (χ0) is 14.3. The molecule has 112 valence electrons. The average molecular weight is 304 g/mol. The minimum atomic E-state index is 0.250. The van der Waals surface area contributed by atoms with Gasteiger partial charge in [-0.05, 0) is 25.0 Å². The van der Waals surface area contributed by atoms with Crippen LogP contribution in [-0.2, 0) is 4.79 Å². The summed E-state index contributed by atoms with van der Waals surface area (Å²) in [6.45, 7) is 1.83. The summed E-state index contributed by atoms with van der Waals surface area (Å²) in [7, 11) is 0. The van der Waals surface area contributed by atoms with E-state index in [-0.39, 0.29) is 10.9 Å². The number of pyridine rings is 1. The van der Waals surface area contributed by atoms with Gasteiger partial charge in [-0.3, -0.25) is 9.78 Å². The summed E-state index contributed by atoms with van der Waals surface area (Å²) in [4.78, 5) is 18.3. The zero-order valence-corrected chi connectivity index (χ0v) is 12.8. The molecule has 3 aliphatic rings. The largest absolute Gasteiger partial charge is 0.488 e. The molecule has 2 saturated heterocycles. The van der Waals surface area contributed by atoms with Gasteiger partial charge in [0.25, 0.3) is 0 Å². The lowest BCUT2D eigenvalue weighted by Crippen LogP contribution is -2.62. The van der Waals surface area contributed by atoms with Crippen molar-refractivity contribution in [2.75, 3.05) is 18.8 Å². The molecule has 0 unspecified atom stereocenters. The van der Waals surface area contributed by atoms with E-state index in [1.807, 2.05) is 23.9 Å². The first-order valence-corrected chi connectivity index (χ1v) is 8.72. The van der Waals surface area contributed by atoms with Crippen molar-refractivity contribution in [3.63, 3.8) is 0 Å². The van der Waals surface area contributed by atoms with Crippen LogP contribution < -0.4 is 4.74 Å². The minimum Gasteiger partial charge on any atom is -0.488 e. The van der Waals surface area contributed by atoms with Gasteiger partial charge >= 0.3 is 0 Å². The summed E-state index contributed by atoms with van der Waals surface area (Å²) >= 11 is 1.98. The Labute approximate surface area is 129 Å². The third-order valence-electron chi connectivity index (χ3n) is 4.84. The first-order valence-electron chi connectivity index (χ1n) is 7.74. The number of ether oxygens (including phenoxy) is 1. The Morgan fingerprint density at radius 2 is 2.29 bits per heavy atom. The lowest BCUT2D eigenvalue weighted by molar-refractivity contribution is -0.143. The molecule has 0 aromatic carbocycles. The molecule has 3 heterocycles. The van der Waals surface area contributed by atoms with Gasteiger partial charge in [0.2, 0.25) is 5.91 Å². The van der Waals surface area contributed by atoms with Crippen molar-refractivity contribution in [1.29, 1.82) is 0 Å². The second kappa shape index (κ2) is 5.20. The standard InChI is InChI=1S/C16H20N2O2S/c19-15(12-3-1-4-12)18-10-16(11-18)7-14(9-21-16)20-13-5-2-6-17-8-13/h2,5-6,8,12,14H,1,3-4,7,9-11H2/t14-/m1/s1. The van der Waals surface area contributed by atoms with Crippen molar-refractivity contribution in [2.24, 2.45) is 5.92 Å². The smallest absolute Gasteiger partial charge is 0.225 e. The highest BCUT2D eigenvalue weighted by molar-refractivity contribution is 8.01. The van der Waals surface area contributed by atoms with Crippen LogP contribution in [0.15, 0.2) is 24.5 Å². The predicted molar refractivity (Wildman–Crippen MR) is 82.4 cm³/mol. The van der Waals surface area contributed by atoms with E-state index in [9.17, 15) is 4.79 Å². The average Bonchev–Trinajstić information content (AvgIpc) is 2.80. The monoisotopic (exact) mass is 304 g/mol. The fourth-order valence-corrected chi connectivity index (χ4v) is 4.95. The summed E-state index contributed by atoms with van der Waals surface area (Å²) in [5.74, 6) is 2.59. The number of carbonyl (C=O) groups is 1. The Bertz CT molecular complexity index is 526. The molecule has 1 aromatic heterocycles. The van der Waals surface area contributed by atoms with Gasteiger partial charge in [0, 0.05) is 37.4 Å². The van der Waals surface area contributed by atoms with Gasteiger partial charge in [-0.25, -0.2) is 0 Å². The van der Waals surface area contributed by atoms with Crippen molar-refractivity contribution >= 4 is 17.7 Å². The zero-order valence-electron chi connectivity index (χ0n) is 12.0. The summed E-state index contributed by atoms with van der Waals surface area (Å²) < 4.78 is 6.25. The summed E-state index contributed by atoms with van der Waals surface area (Å²) in [5.41, 5.74) is 0. The maximum atomic E-state index is 12.2. The van der Waals surface area contributed by atoms with Crippen molar-refractivity contribution in [2.45, 2.75) is 36.5 Å². The number of aromatic nitrogens is 1. The Hall–Kier alpha value is -1.23. The van der Waals surface area contributed by atoms with Crippen LogP contribution in [0.3, 0.4) is 0 Å². The van der Waals surface area contributed by atoms with Crippen molar-refractivity contribution in [3.05, 3.63) is 24.5 Å². The molecule has 0 N–H and O–H groups in total. The third-order valence-corrected chi connectivity index (χ3v) is 6.41. The number of likely N-dealkylation sites (tertiary alicyclic amines) is 1. The van der Waals surface area contributed by atoms with Gasteiger partial charge in [-0.1, -0.05) is 6.42 Å². The van der Waals surface area contributed by atoms with Crippen molar-refractivity contribution < 1.29 is 9.53 Å². The second-order valence-corrected chi connectivity index (χ2v) is 7.94. The van der Waals surface area contributed by atoms with Crippen LogP contribution in [-0.4, -0.2) is 45.5 Å². The summed E-state index contributed by atoms with van der Waals surface area (Å²) in [5, 5.41) is 0. The van der Waals surface area contributed by atoms with Crippen molar-refractivity contribution in [3.8, 4) is 5.75 Å². The van der Waals surface area contributed by atoms with Crippen LogP contribution in [0.1, 0.15) is 25.7 Å². The highest BCUT2D eigenvalue weighted by atomic mass is 32.2. The van der Waals surface area contributed by atoms with E-state index in [0.717, 1.165) is 43.9 Å². The maximum absolute atomic E-state index is 12.2. The van der Waals surface area contributed by atoms with E-state index in [1.54, 1.807) is 12.4 Å². The lowest BCUT2D eigenvalue weighted by Gasteiger charge is -2.49. The quantitative estimate of drug-likeness (QED) is 0.859. The number of thioether (sulfide) groups is 1. The first-order chi connectivity index (χ1) is 10.2. The van der Waals surface area contributed by atoms with Crippen LogP contribution in [0.5, 0.6) is 5.75 Å². The SMILES string of the molecule is O=C(C1CCC1)N1CC2(C[C@@H](Oc3cccnc3)CS2)C1. The number of hydrogen-bond donors (Lipinski definition) is 0. The molecule has 3 fully saturated rings. The van der Waals surface area contributed by atoms with Gasteiger partial charge in [0.15, 0.2) is 0 Å². The van der Waals surface area contributed by atoms with E-state index < -0.39 is 0 Å². The van der Waals surface area contributed by atoms with Gasteiger partial charge in [-0.2, -0.15) is 0 Å². The molecular formula is C16H20N2O2S. The molecule has 1 spiro atoms. The van der Waals surface area contributed by atoms with E-state index in [2.05, 4.69) is 9.88 Å². The molecule has 4 nitrogen and oxygen atoms in total. The number of hydrogen-bond acceptors (Lipinski definition) is 4. The summed E-state index contributed by atoms with van der Waals surface area (Å²) in [6.07, 6.45) is 8.24. The van der Waals surface area contributed by atoms with Crippen LogP contribution in [0, 0.1) is 5.92 Å². The van der Waals surface area contributed by atoms with Gasteiger partial charge in [-0.15, -0.1) is 11.8 Å². The Balaban J connectivity index is 1.30.